The molecule has 4 amide bonds. The van der Waals surface area contributed by atoms with Crippen LogP contribution in [0.3, 0.4) is 0 Å². The van der Waals surface area contributed by atoms with Crippen LogP contribution in [0.1, 0.15) is 30.6 Å². The molecular formula is C21H20BrN3O4. The number of nitrogens with one attached hydrogen (secondary N) is 1. The van der Waals surface area contributed by atoms with E-state index in [9.17, 15) is 14.4 Å². The lowest BCUT2D eigenvalue weighted by Crippen LogP contribution is -2.54. The minimum atomic E-state index is -0.771. The SMILES string of the molecule is Cc1cc(N2C(=O)NC(=O)C(=Cc3ccc(N4CCCCC4)o3)C2=O)ccc1Br. The van der Waals surface area contributed by atoms with Gasteiger partial charge in [0.25, 0.3) is 11.8 Å². The average Bonchev–Trinajstić information content (AvgIpc) is 3.17. The Morgan fingerprint density at radius 3 is 2.55 bits per heavy atom. The van der Waals surface area contributed by atoms with E-state index < -0.39 is 17.8 Å². The Hall–Kier alpha value is -2.87. The van der Waals surface area contributed by atoms with Gasteiger partial charge in [-0.05, 0) is 62.1 Å². The van der Waals surface area contributed by atoms with Crippen molar-refractivity contribution in [2.75, 3.05) is 22.9 Å². The maximum Gasteiger partial charge on any atom is 0.335 e. The fourth-order valence-corrected chi connectivity index (χ4v) is 3.75. The second-order valence-corrected chi connectivity index (χ2v) is 7.97. The van der Waals surface area contributed by atoms with Crippen LogP contribution < -0.4 is 15.1 Å². The molecule has 4 rings (SSSR count). The Bertz CT molecular complexity index is 1020. The molecule has 150 valence electrons. The molecule has 1 aromatic heterocycles. The molecule has 8 heteroatoms. The number of imide groups is 2. The molecule has 2 saturated heterocycles. The maximum absolute atomic E-state index is 13.0. The Morgan fingerprint density at radius 2 is 1.83 bits per heavy atom. The normalized spacial score (nSPS) is 19.1. The van der Waals surface area contributed by atoms with Crippen LogP contribution in [0.15, 0.2) is 44.8 Å². The molecule has 2 fully saturated rings. The lowest BCUT2D eigenvalue weighted by Gasteiger charge is -2.26. The summed E-state index contributed by atoms with van der Waals surface area (Å²) >= 11 is 3.40. The molecule has 0 spiro atoms. The smallest absolute Gasteiger partial charge is 0.335 e. The molecule has 1 aromatic carbocycles. The van der Waals surface area contributed by atoms with Gasteiger partial charge in [-0.25, -0.2) is 9.69 Å². The first-order valence-electron chi connectivity index (χ1n) is 9.46. The average molecular weight is 458 g/mol. The number of aryl methyl sites for hydroxylation is 1. The molecule has 29 heavy (non-hydrogen) atoms. The number of piperidine rings is 1. The van der Waals surface area contributed by atoms with Gasteiger partial charge in [0.05, 0.1) is 5.69 Å². The van der Waals surface area contributed by atoms with Gasteiger partial charge >= 0.3 is 6.03 Å². The van der Waals surface area contributed by atoms with Gasteiger partial charge in [-0.1, -0.05) is 15.9 Å². The molecule has 0 unspecified atom stereocenters. The Balaban J connectivity index is 1.63. The highest BCUT2D eigenvalue weighted by atomic mass is 79.9. The second kappa shape index (κ2) is 7.87. The van der Waals surface area contributed by atoms with Crippen molar-refractivity contribution >= 4 is 51.4 Å². The van der Waals surface area contributed by atoms with E-state index in [0.29, 0.717) is 11.4 Å². The van der Waals surface area contributed by atoms with E-state index in [1.54, 1.807) is 24.3 Å². The van der Waals surface area contributed by atoms with Crippen molar-refractivity contribution < 1.29 is 18.8 Å². The van der Waals surface area contributed by atoms with Crippen molar-refractivity contribution in [2.24, 2.45) is 0 Å². The van der Waals surface area contributed by atoms with E-state index in [4.69, 9.17) is 4.42 Å². The fourth-order valence-electron chi connectivity index (χ4n) is 3.51. The second-order valence-electron chi connectivity index (χ2n) is 7.12. The van der Waals surface area contributed by atoms with Crippen molar-refractivity contribution in [3.8, 4) is 0 Å². The van der Waals surface area contributed by atoms with Gasteiger partial charge in [0.1, 0.15) is 11.3 Å². The van der Waals surface area contributed by atoms with E-state index in [1.807, 2.05) is 13.0 Å². The molecule has 2 aromatic rings. The number of nitrogens with zero attached hydrogens (tertiary/aromatic N) is 2. The van der Waals surface area contributed by atoms with Crippen molar-refractivity contribution in [1.82, 2.24) is 5.32 Å². The van der Waals surface area contributed by atoms with Gasteiger partial charge in [-0.2, -0.15) is 0 Å². The predicted molar refractivity (Wildman–Crippen MR) is 113 cm³/mol. The van der Waals surface area contributed by atoms with Crippen LogP contribution in [0.25, 0.3) is 6.08 Å². The number of carbonyl (C=O) groups is 3. The first kappa shape index (κ1) is 19.4. The third kappa shape index (κ3) is 3.85. The summed E-state index contributed by atoms with van der Waals surface area (Å²) in [5, 5.41) is 2.23. The van der Waals surface area contributed by atoms with Gasteiger partial charge < -0.3 is 9.32 Å². The molecule has 0 bridgehead atoms. The minimum absolute atomic E-state index is 0.148. The zero-order chi connectivity index (χ0) is 20.5. The van der Waals surface area contributed by atoms with E-state index in [1.165, 1.54) is 12.5 Å². The number of amides is 4. The molecule has 0 aliphatic carbocycles. The zero-order valence-corrected chi connectivity index (χ0v) is 17.5. The van der Waals surface area contributed by atoms with Crippen molar-refractivity contribution in [3.63, 3.8) is 0 Å². The van der Waals surface area contributed by atoms with Crippen molar-refractivity contribution in [1.29, 1.82) is 0 Å². The van der Waals surface area contributed by atoms with Gasteiger partial charge in [0.15, 0.2) is 5.88 Å². The summed E-state index contributed by atoms with van der Waals surface area (Å²) in [6.45, 7) is 3.70. The minimum Gasteiger partial charge on any atom is -0.441 e. The highest BCUT2D eigenvalue weighted by Crippen LogP contribution is 2.28. The number of anilines is 2. The summed E-state index contributed by atoms with van der Waals surface area (Å²) < 4.78 is 6.69. The number of halogens is 1. The molecule has 0 radical (unpaired) electrons. The largest absolute Gasteiger partial charge is 0.441 e. The number of benzene rings is 1. The predicted octanol–water partition coefficient (Wildman–Crippen LogP) is 4.01. The van der Waals surface area contributed by atoms with E-state index in [0.717, 1.165) is 46.8 Å². The summed E-state index contributed by atoms with van der Waals surface area (Å²) in [5.74, 6) is -0.306. The van der Waals surface area contributed by atoms with E-state index in [-0.39, 0.29) is 5.57 Å². The number of hydrogen-bond acceptors (Lipinski definition) is 5. The number of carbonyl (C=O) groups excluding carboxylic acids is 3. The number of rotatable bonds is 3. The van der Waals surface area contributed by atoms with Crippen LogP contribution in [-0.2, 0) is 9.59 Å². The van der Waals surface area contributed by atoms with Gasteiger partial charge in [0, 0.05) is 23.6 Å². The fraction of sp³-hybridized carbons (Fsp3) is 0.286. The van der Waals surface area contributed by atoms with Crippen molar-refractivity contribution in [3.05, 3.63) is 51.7 Å². The van der Waals surface area contributed by atoms with Crippen LogP contribution in [0.2, 0.25) is 0 Å². The topological polar surface area (TPSA) is 82.9 Å². The van der Waals surface area contributed by atoms with E-state index in [2.05, 4.69) is 26.1 Å². The summed E-state index contributed by atoms with van der Waals surface area (Å²) in [6.07, 6.45) is 4.82. The quantitative estimate of drug-likeness (QED) is 0.555. The molecule has 0 atom stereocenters. The molecule has 3 heterocycles. The summed E-state index contributed by atoms with van der Waals surface area (Å²) in [7, 11) is 0. The highest BCUT2D eigenvalue weighted by Gasteiger charge is 2.37. The Labute approximate surface area is 176 Å². The Morgan fingerprint density at radius 1 is 1.07 bits per heavy atom. The van der Waals surface area contributed by atoms with Crippen molar-refractivity contribution in [2.45, 2.75) is 26.2 Å². The molecule has 2 aliphatic heterocycles. The summed E-state index contributed by atoms with van der Waals surface area (Å²) in [6, 6.07) is 7.89. The number of furan rings is 1. The van der Waals surface area contributed by atoms with Crippen LogP contribution in [0.4, 0.5) is 16.4 Å². The number of barbiturate groups is 1. The van der Waals surface area contributed by atoms with Gasteiger partial charge in [-0.3, -0.25) is 14.9 Å². The highest BCUT2D eigenvalue weighted by molar-refractivity contribution is 9.10. The molecule has 7 nitrogen and oxygen atoms in total. The van der Waals surface area contributed by atoms with Crippen LogP contribution in [0.5, 0.6) is 0 Å². The van der Waals surface area contributed by atoms with Gasteiger partial charge in [0.2, 0.25) is 0 Å². The molecule has 2 aliphatic rings. The maximum atomic E-state index is 13.0. The monoisotopic (exact) mass is 457 g/mol. The first-order valence-corrected chi connectivity index (χ1v) is 10.3. The first-order chi connectivity index (χ1) is 13.9. The summed E-state index contributed by atoms with van der Waals surface area (Å²) in [4.78, 5) is 40.7. The van der Waals surface area contributed by atoms with E-state index >= 15 is 0 Å². The molecule has 0 saturated carbocycles. The lowest BCUT2D eigenvalue weighted by atomic mass is 10.1. The third-order valence-corrected chi connectivity index (χ3v) is 5.96. The van der Waals surface area contributed by atoms with Crippen LogP contribution in [0, 0.1) is 6.92 Å². The summed E-state index contributed by atoms with van der Waals surface area (Å²) in [5.41, 5.74) is 1.10. The molecule has 1 N–H and O–H groups in total. The standard InChI is InChI=1S/C21H20BrN3O4/c1-13-11-14(5-7-17(13)22)25-20(27)16(19(26)23-21(25)28)12-15-6-8-18(29-15)24-9-3-2-4-10-24/h5-8,11-12H,2-4,9-10H2,1H3,(H,23,26,28). The molecular weight excluding hydrogens is 438 g/mol. The third-order valence-electron chi connectivity index (χ3n) is 5.07. The van der Waals surface area contributed by atoms with Gasteiger partial charge in [-0.15, -0.1) is 0 Å². The zero-order valence-electron chi connectivity index (χ0n) is 15.9. The lowest BCUT2D eigenvalue weighted by molar-refractivity contribution is -0.122. The number of hydrogen-bond donors (Lipinski definition) is 1. The van der Waals surface area contributed by atoms with Crippen LogP contribution in [-0.4, -0.2) is 30.9 Å². The van der Waals surface area contributed by atoms with Crippen LogP contribution >= 0.6 is 15.9 Å². The number of urea groups is 1. The Kier molecular flexibility index (Phi) is 5.27.